The molecule has 1 atom stereocenters. The van der Waals surface area contributed by atoms with Gasteiger partial charge in [-0.2, -0.15) is 0 Å². The Morgan fingerprint density at radius 3 is 2.50 bits per heavy atom. The summed E-state index contributed by atoms with van der Waals surface area (Å²) in [6, 6.07) is 1.58. The van der Waals surface area contributed by atoms with Gasteiger partial charge in [0.15, 0.2) is 0 Å². The standard InChI is InChI=1S/C12H14ClFN2O3S/c1-12(2)5-10(12)16-11(17)6-3-9(20(15,18)19)7(13)4-8(6)14/h3-4,10H,5H2,1-2H3,(H,16,17)(H2,15,18,19). The molecule has 5 nitrogen and oxygen atoms in total. The van der Waals surface area contributed by atoms with E-state index in [-0.39, 0.29) is 22.0 Å². The second-order valence-electron chi connectivity index (χ2n) is 5.53. The number of sulfonamides is 1. The molecule has 0 bridgehead atoms. The van der Waals surface area contributed by atoms with Crippen molar-refractivity contribution in [1.82, 2.24) is 5.32 Å². The van der Waals surface area contributed by atoms with Crippen molar-refractivity contribution in [3.8, 4) is 0 Å². The van der Waals surface area contributed by atoms with E-state index in [1.54, 1.807) is 0 Å². The number of nitrogens with one attached hydrogen (secondary N) is 1. The third kappa shape index (κ3) is 2.94. The van der Waals surface area contributed by atoms with Gasteiger partial charge in [-0.1, -0.05) is 25.4 Å². The highest BCUT2D eigenvalue weighted by molar-refractivity contribution is 7.89. The van der Waals surface area contributed by atoms with E-state index in [0.29, 0.717) is 0 Å². The molecular formula is C12H14ClFN2O3S. The summed E-state index contributed by atoms with van der Waals surface area (Å²) in [4.78, 5) is 11.5. The molecule has 1 saturated carbocycles. The molecule has 110 valence electrons. The van der Waals surface area contributed by atoms with Gasteiger partial charge in [-0.15, -0.1) is 0 Å². The molecule has 1 fully saturated rings. The summed E-state index contributed by atoms with van der Waals surface area (Å²) in [7, 11) is -4.12. The quantitative estimate of drug-likeness (QED) is 0.887. The van der Waals surface area contributed by atoms with Gasteiger partial charge in [0.05, 0.1) is 10.6 Å². The molecule has 0 aliphatic heterocycles. The van der Waals surface area contributed by atoms with Gasteiger partial charge >= 0.3 is 0 Å². The van der Waals surface area contributed by atoms with Crippen LogP contribution in [-0.2, 0) is 10.0 Å². The van der Waals surface area contributed by atoms with Crippen LogP contribution in [0.5, 0.6) is 0 Å². The fraction of sp³-hybridized carbons (Fsp3) is 0.417. The Morgan fingerprint density at radius 1 is 1.50 bits per heavy atom. The van der Waals surface area contributed by atoms with Crippen LogP contribution in [-0.4, -0.2) is 20.4 Å². The number of carbonyl (C=O) groups is 1. The zero-order chi connectivity index (χ0) is 15.3. The molecular weight excluding hydrogens is 307 g/mol. The first-order chi connectivity index (χ1) is 9.02. The van der Waals surface area contributed by atoms with Crippen LogP contribution in [0.15, 0.2) is 17.0 Å². The van der Waals surface area contributed by atoms with E-state index in [1.807, 2.05) is 13.8 Å². The van der Waals surface area contributed by atoms with E-state index in [1.165, 1.54) is 0 Å². The van der Waals surface area contributed by atoms with Gasteiger partial charge in [0.2, 0.25) is 10.0 Å². The fourth-order valence-electron chi connectivity index (χ4n) is 1.87. The highest BCUT2D eigenvalue weighted by Gasteiger charge is 2.46. The van der Waals surface area contributed by atoms with Crippen LogP contribution < -0.4 is 10.5 Å². The van der Waals surface area contributed by atoms with Gasteiger partial charge < -0.3 is 5.32 Å². The molecule has 0 saturated heterocycles. The van der Waals surface area contributed by atoms with Gasteiger partial charge in [0.25, 0.3) is 5.91 Å². The van der Waals surface area contributed by atoms with Crippen molar-refractivity contribution >= 4 is 27.5 Å². The molecule has 0 radical (unpaired) electrons. The van der Waals surface area contributed by atoms with Gasteiger partial charge in [-0.3, -0.25) is 4.79 Å². The average Bonchev–Trinajstić information content (AvgIpc) is 2.83. The minimum Gasteiger partial charge on any atom is -0.349 e. The van der Waals surface area contributed by atoms with Crippen LogP contribution >= 0.6 is 11.6 Å². The van der Waals surface area contributed by atoms with Gasteiger partial charge in [-0.25, -0.2) is 17.9 Å². The summed E-state index contributed by atoms with van der Waals surface area (Å²) >= 11 is 5.62. The van der Waals surface area contributed by atoms with Crippen LogP contribution in [0.1, 0.15) is 30.6 Å². The number of halogens is 2. The first-order valence-corrected chi connectivity index (χ1v) is 7.77. The Balaban J connectivity index is 2.34. The largest absolute Gasteiger partial charge is 0.349 e. The Labute approximate surface area is 121 Å². The molecule has 1 aromatic rings. The number of hydrogen-bond acceptors (Lipinski definition) is 3. The smallest absolute Gasteiger partial charge is 0.254 e. The summed E-state index contributed by atoms with van der Waals surface area (Å²) in [6.45, 7) is 3.93. The SMILES string of the molecule is CC1(C)CC1NC(=O)c1cc(S(N)(=O)=O)c(Cl)cc1F. The monoisotopic (exact) mass is 320 g/mol. The van der Waals surface area contributed by atoms with Crippen molar-refractivity contribution in [2.75, 3.05) is 0 Å². The predicted molar refractivity (Wildman–Crippen MR) is 72.4 cm³/mol. The molecule has 2 rings (SSSR count). The number of rotatable bonds is 3. The topological polar surface area (TPSA) is 89.3 Å². The molecule has 1 unspecified atom stereocenters. The van der Waals surface area contributed by atoms with Crippen LogP contribution in [0.2, 0.25) is 5.02 Å². The van der Waals surface area contributed by atoms with E-state index in [0.717, 1.165) is 18.6 Å². The lowest BCUT2D eigenvalue weighted by molar-refractivity contribution is 0.0942. The van der Waals surface area contributed by atoms with Gasteiger partial charge in [0.1, 0.15) is 10.7 Å². The second kappa shape index (κ2) is 4.68. The molecule has 1 amide bonds. The van der Waals surface area contributed by atoms with Gasteiger partial charge in [0, 0.05) is 6.04 Å². The Kier molecular flexibility index (Phi) is 3.56. The van der Waals surface area contributed by atoms with Crippen molar-refractivity contribution < 1.29 is 17.6 Å². The summed E-state index contributed by atoms with van der Waals surface area (Å²) in [5.74, 6) is -1.57. The highest BCUT2D eigenvalue weighted by atomic mass is 35.5. The zero-order valence-corrected chi connectivity index (χ0v) is 12.5. The number of hydrogen-bond donors (Lipinski definition) is 2. The Morgan fingerprint density at radius 2 is 2.05 bits per heavy atom. The Hall–Kier alpha value is -1.18. The summed E-state index contributed by atoms with van der Waals surface area (Å²) in [6.07, 6.45) is 0.788. The second-order valence-corrected chi connectivity index (χ2v) is 7.46. The van der Waals surface area contributed by atoms with Crippen LogP contribution in [0.4, 0.5) is 4.39 Å². The highest BCUT2D eigenvalue weighted by Crippen LogP contribution is 2.44. The van der Waals surface area contributed by atoms with Crippen molar-refractivity contribution in [1.29, 1.82) is 0 Å². The molecule has 0 heterocycles. The first-order valence-electron chi connectivity index (χ1n) is 5.85. The predicted octanol–water partition coefficient (Wildman–Crippen LogP) is 1.65. The third-order valence-corrected chi connectivity index (χ3v) is 4.77. The first kappa shape index (κ1) is 15.2. The lowest BCUT2D eigenvalue weighted by Crippen LogP contribution is -2.29. The summed E-state index contributed by atoms with van der Waals surface area (Å²) in [5.41, 5.74) is -0.414. The lowest BCUT2D eigenvalue weighted by Gasteiger charge is -2.10. The maximum atomic E-state index is 13.8. The molecule has 1 aromatic carbocycles. The third-order valence-electron chi connectivity index (χ3n) is 3.39. The molecule has 0 spiro atoms. The normalized spacial score (nSPS) is 20.6. The van der Waals surface area contributed by atoms with E-state index in [2.05, 4.69) is 5.32 Å². The minimum absolute atomic E-state index is 0.0265. The summed E-state index contributed by atoms with van der Waals surface area (Å²) in [5, 5.41) is 7.26. The minimum atomic E-state index is -4.12. The molecule has 1 aliphatic rings. The number of amides is 1. The van der Waals surface area contributed by atoms with Crippen LogP contribution in [0, 0.1) is 11.2 Å². The number of carbonyl (C=O) groups excluding carboxylic acids is 1. The van der Waals surface area contributed by atoms with Crippen molar-refractivity contribution in [2.45, 2.75) is 31.2 Å². The molecule has 1 aliphatic carbocycles. The average molecular weight is 321 g/mol. The van der Waals surface area contributed by atoms with E-state index in [9.17, 15) is 17.6 Å². The van der Waals surface area contributed by atoms with Crippen molar-refractivity contribution in [3.05, 3.63) is 28.5 Å². The maximum Gasteiger partial charge on any atom is 0.254 e. The van der Waals surface area contributed by atoms with E-state index >= 15 is 0 Å². The van der Waals surface area contributed by atoms with Crippen LogP contribution in [0.3, 0.4) is 0 Å². The number of primary sulfonamides is 1. The zero-order valence-electron chi connectivity index (χ0n) is 10.9. The van der Waals surface area contributed by atoms with Crippen LogP contribution in [0.25, 0.3) is 0 Å². The molecule has 0 aromatic heterocycles. The van der Waals surface area contributed by atoms with Gasteiger partial charge in [-0.05, 0) is 24.0 Å². The van der Waals surface area contributed by atoms with E-state index < -0.39 is 26.6 Å². The maximum absolute atomic E-state index is 13.8. The molecule has 20 heavy (non-hydrogen) atoms. The summed E-state index contributed by atoms with van der Waals surface area (Å²) < 4.78 is 36.4. The van der Waals surface area contributed by atoms with E-state index in [4.69, 9.17) is 16.7 Å². The molecule has 3 N–H and O–H groups in total. The fourth-order valence-corrected chi connectivity index (χ4v) is 2.96. The number of nitrogens with two attached hydrogens (primary N) is 1. The van der Waals surface area contributed by atoms with Crippen molar-refractivity contribution in [3.63, 3.8) is 0 Å². The van der Waals surface area contributed by atoms with Crippen molar-refractivity contribution in [2.24, 2.45) is 10.6 Å². The number of benzene rings is 1. The molecule has 8 heteroatoms. The Bertz CT molecular complexity index is 688. The lowest BCUT2D eigenvalue weighted by atomic mass is 10.1.